The van der Waals surface area contributed by atoms with Gasteiger partial charge in [0.1, 0.15) is 10.8 Å². The molecule has 1 aliphatic rings. The van der Waals surface area contributed by atoms with Crippen LogP contribution in [-0.4, -0.2) is 46.4 Å². The fourth-order valence-corrected chi connectivity index (χ4v) is 5.48. The Morgan fingerprint density at radius 3 is 2.72 bits per heavy atom. The second kappa shape index (κ2) is 8.06. The number of thiophene rings is 1. The van der Waals surface area contributed by atoms with Crippen LogP contribution in [-0.2, 0) is 16.6 Å². The molecule has 1 unspecified atom stereocenters. The van der Waals surface area contributed by atoms with Crippen molar-refractivity contribution in [2.24, 2.45) is 0 Å². The van der Waals surface area contributed by atoms with E-state index < -0.39 is 10.0 Å². The minimum Gasteiger partial charge on any atom is -0.246 e. The van der Waals surface area contributed by atoms with Crippen LogP contribution < -0.4 is 5.69 Å². The third kappa shape index (κ3) is 4.18. The van der Waals surface area contributed by atoms with Crippen LogP contribution in [0, 0.1) is 0 Å². The van der Waals surface area contributed by atoms with E-state index in [1.165, 1.54) is 26.6 Å². The lowest BCUT2D eigenvalue weighted by Crippen LogP contribution is -2.39. The molecule has 0 amide bonds. The van der Waals surface area contributed by atoms with Gasteiger partial charge in [-0.1, -0.05) is 29.8 Å². The largest absolute Gasteiger partial charge is 0.351 e. The van der Waals surface area contributed by atoms with Crippen molar-refractivity contribution in [3.8, 4) is 5.00 Å². The maximum atomic E-state index is 13.2. The molecule has 2 aromatic heterocycles. The second-order valence-electron chi connectivity index (χ2n) is 7.14. The third-order valence-electron chi connectivity index (χ3n) is 5.09. The predicted octanol–water partition coefficient (Wildman–Crippen LogP) is 2.94. The van der Waals surface area contributed by atoms with Gasteiger partial charge in [0.15, 0.2) is 0 Å². The van der Waals surface area contributed by atoms with Crippen LogP contribution in [0.25, 0.3) is 5.00 Å². The van der Waals surface area contributed by atoms with Crippen LogP contribution in [0.3, 0.4) is 0 Å². The van der Waals surface area contributed by atoms with Gasteiger partial charge in [0.25, 0.3) is 0 Å². The summed E-state index contributed by atoms with van der Waals surface area (Å²) in [5.41, 5.74) is 0.555. The van der Waals surface area contributed by atoms with Crippen molar-refractivity contribution in [3.05, 3.63) is 68.7 Å². The first-order valence-electron chi connectivity index (χ1n) is 9.27. The maximum Gasteiger partial charge on any atom is 0.351 e. The summed E-state index contributed by atoms with van der Waals surface area (Å²) in [6.07, 6.45) is 2.73. The summed E-state index contributed by atoms with van der Waals surface area (Å²) in [6.45, 7) is 1.08. The Kier molecular flexibility index (Phi) is 5.65. The SMILES string of the molecule is CS(=O)(=O)N1CCCC(c2nn(Cc3ccccc3Cl)c(=O)n2-c2cccs2)C1. The van der Waals surface area contributed by atoms with Crippen LogP contribution in [0.4, 0.5) is 0 Å². The Hall–Kier alpha value is -1.94. The van der Waals surface area contributed by atoms with Gasteiger partial charge in [-0.05, 0) is 42.0 Å². The van der Waals surface area contributed by atoms with Gasteiger partial charge < -0.3 is 0 Å². The highest BCUT2D eigenvalue weighted by Gasteiger charge is 2.31. The van der Waals surface area contributed by atoms with E-state index in [1.54, 1.807) is 10.6 Å². The molecule has 0 bridgehead atoms. The van der Waals surface area contributed by atoms with Crippen LogP contribution in [0.2, 0.25) is 5.02 Å². The molecule has 3 heterocycles. The molecule has 1 saturated heterocycles. The van der Waals surface area contributed by atoms with E-state index in [0.29, 0.717) is 23.9 Å². The summed E-state index contributed by atoms with van der Waals surface area (Å²) in [5.74, 6) is 0.443. The first-order valence-corrected chi connectivity index (χ1v) is 12.4. The minimum atomic E-state index is -3.29. The fraction of sp³-hybridized carbons (Fsp3) is 0.368. The Morgan fingerprint density at radius 1 is 1.24 bits per heavy atom. The van der Waals surface area contributed by atoms with E-state index in [0.717, 1.165) is 23.4 Å². The van der Waals surface area contributed by atoms with Crippen molar-refractivity contribution in [2.75, 3.05) is 19.3 Å². The molecule has 0 aliphatic carbocycles. The number of nitrogens with zero attached hydrogens (tertiary/aromatic N) is 4. The van der Waals surface area contributed by atoms with E-state index in [-0.39, 0.29) is 18.2 Å². The number of hydrogen-bond donors (Lipinski definition) is 0. The normalized spacial score (nSPS) is 18.2. The third-order valence-corrected chi connectivity index (χ3v) is 7.58. The molecule has 0 saturated carbocycles. The monoisotopic (exact) mass is 452 g/mol. The lowest BCUT2D eigenvalue weighted by molar-refractivity contribution is 0.308. The first-order chi connectivity index (χ1) is 13.8. The maximum absolute atomic E-state index is 13.2. The zero-order valence-electron chi connectivity index (χ0n) is 15.9. The zero-order valence-corrected chi connectivity index (χ0v) is 18.3. The van der Waals surface area contributed by atoms with Gasteiger partial charge in [-0.2, -0.15) is 5.10 Å². The highest BCUT2D eigenvalue weighted by molar-refractivity contribution is 7.88. The number of aromatic nitrogens is 3. The molecular weight excluding hydrogens is 432 g/mol. The van der Waals surface area contributed by atoms with Gasteiger partial charge in [-0.3, -0.25) is 0 Å². The molecule has 0 radical (unpaired) electrons. The highest BCUT2D eigenvalue weighted by Crippen LogP contribution is 2.29. The summed E-state index contributed by atoms with van der Waals surface area (Å²) in [7, 11) is -3.29. The molecule has 1 atom stereocenters. The molecule has 29 heavy (non-hydrogen) atoms. The highest BCUT2D eigenvalue weighted by atomic mass is 35.5. The lowest BCUT2D eigenvalue weighted by Gasteiger charge is -2.30. The van der Waals surface area contributed by atoms with Gasteiger partial charge >= 0.3 is 5.69 Å². The molecule has 3 aromatic rings. The van der Waals surface area contributed by atoms with Gasteiger partial charge in [0.2, 0.25) is 10.0 Å². The van der Waals surface area contributed by atoms with E-state index in [9.17, 15) is 13.2 Å². The second-order valence-corrected chi connectivity index (χ2v) is 10.5. The van der Waals surface area contributed by atoms with E-state index >= 15 is 0 Å². The number of sulfonamides is 1. The number of rotatable bonds is 5. The summed E-state index contributed by atoms with van der Waals surface area (Å²) in [6, 6.07) is 11.1. The van der Waals surface area contributed by atoms with Gasteiger partial charge in [-0.15, -0.1) is 11.3 Å². The van der Waals surface area contributed by atoms with Crippen LogP contribution in [0.1, 0.15) is 30.1 Å². The first kappa shape index (κ1) is 20.3. The van der Waals surface area contributed by atoms with Crippen molar-refractivity contribution in [1.82, 2.24) is 18.7 Å². The van der Waals surface area contributed by atoms with Crippen LogP contribution >= 0.6 is 22.9 Å². The molecule has 10 heteroatoms. The van der Waals surface area contributed by atoms with E-state index in [4.69, 9.17) is 11.6 Å². The lowest BCUT2D eigenvalue weighted by atomic mass is 9.99. The van der Waals surface area contributed by atoms with Gasteiger partial charge in [-0.25, -0.2) is 26.8 Å². The number of hydrogen-bond acceptors (Lipinski definition) is 5. The van der Waals surface area contributed by atoms with Crippen molar-refractivity contribution >= 4 is 33.0 Å². The quantitative estimate of drug-likeness (QED) is 0.596. The summed E-state index contributed by atoms with van der Waals surface area (Å²) in [5, 5.41) is 7.89. The molecule has 154 valence electrons. The summed E-state index contributed by atoms with van der Waals surface area (Å²) in [4.78, 5) is 13.2. The van der Waals surface area contributed by atoms with E-state index in [1.807, 2.05) is 35.7 Å². The molecule has 0 spiro atoms. The molecule has 0 N–H and O–H groups in total. The smallest absolute Gasteiger partial charge is 0.246 e. The van der Waals surface area contributed by atoms with Crippen molar-refractivity contribution in [2.45, 2.75) is 25.3 Å². The molecule has 7 nitrogen and oxygen atoms in total. The summed E-state index contributed by atoms with van der Waals surface area (Å²) >= 11 is 7.72. The minimum absolute atomic E-state index is 0.152. The number of halogens is 1. The molecule has 1 aliphatic heterocycles. The van der Waals surface area contributed by atoms with Crippen molar-refractivity contribution in [1.29, 1.82) is 0 Å². The Balaban J connectivity index is 1.77. The van der Waals surface area contributed by atoms with Gasteiger partial charge in [0, 0.05) is 24.0 Å². The van der Waals surface area contributed by atoms with Crippen LogP contribution in [0.5, 0.6) is 0 Å². The fourth-order valence-electron chi connectivity index (χ4n) is 3.64. The molecule has 4 rings (SSSR count). The molecular formula is C19H21ClN4O3S2. The zero-order chi connectivity index (χ0) is 20.6. The van der Waals surface area contributed by atoms with Crippen LogP contribution in [0.15, 0.2) is 46.6 Å². The van der Waals surface area contributed by atoms with E-state index in [2.05, 4.69) is 5.10 Å². The van der Waals surface area contributed by atoms with Crippen molar-refractivity contribution in [3.63, 3.8) is 0 Å². The Morgan fingerprint density at radius 2 is 2.03 bits per heavy atom. The number of benzene rings is 1. The Bertz CT molecular complexity index is 1170. The standard InChI is InChI=1S/C19H21ClN4O3S2/c1-29(26,27)22-10-4-7-15(12-22)18-21-23(13-14-6-2-3-8-16(14)20)19(25)24(18)17-9-5-11-28-17/h2-3,5-6,8-9,11,15H,4,7,10,12-13H2,1H3. The average molecular weight is 453 g/mol. The topological polar surface area (TPSA) is 77.2 Å². The molecule has 1 aromatic carbocycles. The predicted molar refractivity (Wildman–Crippen MR) is 115 cm³/mol. The number of piperidine rings is 1. The van der Waals surface area contributed by atoms with Gasteiger partial charge in [0.05, 0.1) is 12.8 Å². The summed E-state index contributed by atoms with van der Waals surface area (Å²) < 4.78 is 28.6. The van der Waals surface area contributed by atoms with Crippen molar-refractivity contribution < 1.29 is 8.42 Å². The Labute approximate surface area is 178 Å². The molecule has 1 fully saturated rings. The average Bonchev–Trinajstić information content (AvgIpc) is 3.31.